The van der Waals surface area contributed by atoms with Gasteiger partial charge in [-0.2, -0.15) is 0 Å². The third-order valence-corrected chi connectivity index (χ3v) is 3.47. The number of rotatable bonds is 2. The van der Waals surface area contributed by atoms with Gasteiger partial charge < -0.3 is 5.32 Å². The summed E-state index contributed by atoms with van der Waals surface area (Å²) in [5.74, 6) is -0.399. The molecular weight excluding hydrogens is 275 g/mol. The van der Waals surface area contributed by atoms with E-state index < -0.39 is 6.04 Å². The fourth-order valence-electron chi connectivity index (χ4n) is 2.02. The molecule has 0 aromatic heterocycles. The number of nitrogens with zero attached hydrogens (tertiary/aromatic N) is 1. The van der Waals surface area contributed by atoms with Crippen molar-refractivity contribution in [3.63, 3.8) is 0 Å². The summed E-state index contributed by atoms with van der Waals surface area (Å²) in [4.78, 5) is 25.2. The number of hydrogen-bond donors (Lipinski definition) is 1. The second-order valence-corrected chi connectivity index (χ2v) is 4.79. The van der Waals surface area contributed by atoms with E-state index in [0.29, 0.717) is 22.2 Å². The average Bonchev–Trinajstić information content (AvgIpc) is 2.33. The molecule has 0 radical (unpaired) electrons. The first-order chi connectivity index (χ1) is 8.56. The molecule has 1 saturated heterocycles. The van der Waals surface area contributed by atoms with Gasteiger partial charge in [-0.3, -0.25) is 14.5 Å². The number of nitrogens with one attached hydrogen (secondary N) is 1. The van der Waals surface area contributed by atoms with E-state index in [1.165, 1.54) is 4.90 Å². The highest BCUT2D eigenvalue weighted by atomic mass is 35.5. The number of benzene rings is 1. The van der Waals surface area contributed by atoms with Crippen LogP contribution < -0.4 is 10.2 Å². The molecule has 1 N–H and O–H groups in total. The fourth-order valence-corrected chi connectivity index (χ4v) is 2.60. The van der Waals surface area contributed by atoms with Gasteiger partial charge in [0.2, 0.25) is 11.8 Å². The zero-order valence-electron chi connectivity index (χ0n) is 9.74. The van der Waals surface area contributed by atoms with Gasteiger partial charge in [0.1, 0.15) is 6.04 Å². The van der Waals surface area contributed by atoms with Crippen molar-refractivity contribution in [3.8, 4) is 0 Å². The molecule has 1 aromatic rings. The number of para-hydroxylation sites is 1. The minimum absolute atomic E-state index is 0.0309. The Kier molecular flexibility index (Phi) is 3.78. The van der Waals surface area contributed by atoms with Crippen LogP contribution >= 0.6 is 23.2 Å². The van der Waals surface area contributed by atoms with Crippen LogP contribution in [0.4, 0.5) is 5.69 Å². The minimum Gasteiger partial charge on any atom is -0.345 e. The van der Waals surface area contributed by atoms with Crippen molar-refractivity contribution in [2.75, 3.05) is 11.4 Å². The number of piperazine rings is 1. The summed E-state index contributed by atoms with van der Waals surface area (Å²) in [6.07, 6.45) is 0.499. The molecule has 1 unspecified atom stereocenters. The summed E-state index contributed by atoms with van der Waals surface area (Å²) in [7, 11) is 0. The molecule has 0 spiro atoms. The normalized spacial score (nSPS) is 19.9. The largest absolute Gasteiger partial charge is 0.345 e. The van der Waals surface area contributed by atoms with Gasteiger partial charge in [0.25, 0.3) is 0 Å². The van der Waals surface area contributed by atoms with Crippen molar-refractivity contribution in [1.29, 1.82) is 0 Å². The van der Waals surface area contributed by atoms with Crippen LogP contribution in [0.5, 0.6) is 0 Å². The van der Waals surface area contributed by atoms with Crippen molar-refractivity contribution >= 4 is 40.7 Å². The summed E-state index contributed by atoms with van der Waals surface area (Å²) in [6, 6.07) is 4.43. The Labute approximate surface area is 115 Å². The Hall–Kier alpha value is -1.26. The Bertz CT molecular complexity index is 485. The van der Waals surface area contributed by atoms with E-state index in [9.17, 15) is 9.59 Å². The molecule has 1 heterocycles. The second-order valence-electron chi connectivity index (χ2n) is 3.98. The van der Waals surface area contributed by atoms with Crippen LogP contribution in [0.25, 0.3) is 0 Å². The Morgan fingerprint density at radius 2 is 1.94 bits per heavy atom. The van der Waals surface area contributed by atoms with Crippen molar-refractivity contribution < 1.29 is 9.59 Å². The predicted molar refractivity (Wildman–Crippen MR) is 71.0 cm³/mol. The van der Waals surface area contributed by atoms with E-state index in [0.717, 1.165) is 0 Å². The molecule has 4 nitrogen and oxygen atoms in total. The molecule has 0 bridgehead atoms. The molecule has 96 valence electrons. The Balaban J connectivity index is 2.51. The molecule has 1 fully saturated rings. The van der Waals surface area contributed by atoms with E-state index in [4.69, 9.17) is 23.2 Å². The molecule has 6 heteroatoms. The number of halogens is 2. The first kappa shape index (κ1) is 13.2. The zero-order valence-corrected chi connectivity index (χ0v) is 11.3. The van der Waals surface area contributed by atoms with Crippen molar-refractivity contribution in [1.82, 2.24) is 5.32 Å². The SMILES string of the molecule is CCC1C(=O)NCC(=O)N1c1c(Cl)cccc1Cl. The maximum absolute atomic E-state index is 12.0. The lowest BCUT2D eigenvalue weighted by Gasteiger charge is -2.35. The van der Waals surface area contributed by atoms with E-state index in [1.807, 2.05) is 6.92 Å². The van der Waals surface area contributed by atoms with Crippen LogP contribution in [0.2, 0.25) is 10.0 Å². The lowest BCUT2D eigenvalue weighted by atomic mass is 10.1. The number of amides is 2. The second kappa shape index (κ2) is 5.16. The summed E-state index contributed by atoms with van der Waals surface area (Å²) < 4.78 is 0. The van der Waals surface area contributed by atoms with Gasteiger partial charge in [0.05, 0.1) is 22.3 Å². The van der Waals surface area contributed by atoms with Crippen LogP contribution in [0.15, 0.2) is 18.2 Å². The topological polar surface area (TPSA) is 49.4 Å². The zero-order chi connectivity index (χ0) is 13.3. The van der Waals surface area contributed by atoms with Crippen molar-refractivity contribution in [2.45, 2.75) is 19.4 Å². The smallest absolute Gasteiger partial charge is 0.247 e. The molecule has 2 rings (SSSR count). The molecule has 0 saturated carbocycles. The maximum Gasteiger partial charge on any atom is 0.247 e. The number of carbonyl (C=O) groups is 2. The van der Waals surface area contributed by atoms with Gasteiger partial charge in [-0.1, -0.05) is 36.2 Å². The number of hydrogen-bond acceptors (Lipinski definition) is 2. The summed E-state index contributed by atoms with van der Waals surface area (Å²) in [5, 5.41) is 3.28. The van der Waals surface area contributed by atoms with Crippen molar-refractivity contribution in [3.05, 3.63) is 28.2 Å². The average molecular weight is 287 g/mol. The van der Waals surface area contributed by atoms with Gasteiger partial charge in [-0.05, 0) is 18.6 Å². The number of carbonyl (C=O) groups excluding carboxylic acids is 2. The molecule has 0 aliphatic carbocycles. The van der Waals surface area contributed by atoms with E-state index in [-0.39, 0.29) is 18.4 Å². The molecule has 18 heavy (non-hydrogen) atoms. The Morgan fingerprint density at radius 1 is 1.33 bits per heavy atom. The Morgan fingerprint density at radius 3 is 2.50 bits per heavy atom. The van der Waals surface area contributed by atoms with Gasteiger partial charge in [0.15, 0.2) is 0 Å². The summed E-state index contributed by atoms with van der Waals surface area (Å²) in [5.41, 5.74) is 0.410. The van der Waals surface area contributed by atoms with E-state index in [2.05, 4.69) is 5.32 Å². The first-order valence-electron chi connectivity index (χ1n) is 5.60. The number of anilines is 1. The molecule has 1 atom stereocenters. The van der Waals surface area contributed by atoms with E-state index >= 15 is 0 Å². The monoisotopic (exact) mass is 286 g/mol. The van der Waals surface area contributed by atoms with Gasteiger partial charge in [-0.15, -0.1) is 0 Å². The van der Waals surface area contributed by atoms with Gasteiger partial charge >= 0.3 is 0 Å². The van der Waals surface area contributed by atoms with Crippen LogP contribution in [0.3, 0.4) is 0 Å². The lowest BCUT2D eigenvalue weighted by molar-refractivity contribution is -0.131. The highest BCUT2D eigenvalue weighted by Gasteiger charge is 2.36. The molecule has 1 aliphatic heterocycles. The van der Waals surface area contributed by atoms with Crippen molar-refractivity contribution in [2.24, 2.45) is 0 Å². The summed E-state index contributed by atoms with van der Waals surface area (Å²) in [6.45, 7) is 1.80. The highest BCUT2D eigenvalue weighted by molar-refractivity contribution is 6.40. The quantitative estimate of drug-likeness (QED) is 0.906. The van der Waals surface area contributed by atoms with Gasteiger partial charge in [-0.25, -0.2) is 0 Å². The predicted octanol–water partition coefficient (Wildman–Crippen LogP) is 2.23. The summed E-state index contributed by atoms with van der Waals surface area (Å²) >= 11 is 12.2. The lowest BCUT2D eigenvalue weighted by Crippen LogP contribution is -2.58. The molecular formula is C12H12Cl2N2O2. The highest BCUT2D eigenvalue weighted by Crippen LogP contribution is 2.35. The first-order valence-corrected chi connectivity index (χ1v) is 6.35. The third-order valence-electron chi connectivity index (χ3n) is 2.86. The van der Waals surface area contributed by atoms with Crippen LogP contribution in [-0.2, 0) is 9.59 Å². The molecule has 2 amide bonds. The van der Waals surface area contributed by atoms with Crippen LogP contribution in [-0.4, -0.2) is 24.4 Å². The van der Waals surface area contributed by atoms with Gasteiger partial charge in [0, 0.05) is 0 Å². The maximum atomic E-state index is 12.0. The van der Waals surface area contributed by atoms with E-state index in [1.54, 1.807) is 18.2 Å². The fraction of sp³-hybridized carbons (Fsp3) is 0.333. The van der Waals surface area contributed by atoms with Crippen LogP contribution in [0.1, 0.15) is 13.3 Å². The molecule has 1 aromatic carbocycles. The third kappa shape index (κ3) is 2.18. The molecule has 1 aliphatic rings. The van der Waals surface area contributed by atoms with Crippen LogP contribution in [0, 0.1) is 0 Å². The standard InChI is InChI=1S/C12H12Cl2N2O2/c1-2-9-12(18)15-6-10(17)16(9)11-7(13)4-3-5-8(11)14/h3-5,9H,2,6H2,1H3,(H,15,18). The minimum atomic E-state index is -0.566.